The minimum absolute atomic E-state index is 0.502. The van der Waals surface area contributed by atoms with Crippen molar-refractivity contribution in [3.05, 3.63) is 65.7 Å². The molecular weight excluding hydrogens is 314 g/mol. The van der Waals surface area contributed by atoms with Crippen LogP contribution in [0.1, 0.15) is 11.1 Å². The number of nitrogens with zero attached hydrogens (tertiary/aromatic N) is 2. The molecule has 0 saturated heterocycles. The number of nitrogens with two attached hydrogens (primary N) is 1. The third-order valence-corrected chi connectivity index (χ3v) is 4.89. The molecule has 0 aliphatic heterocycles. The lowest BCUT2D eigenvalue weighted by molar-refractivity contribution is 0.306. The maximum atomic E-state index is 5.83. The van der Waals surface area contributed by atoms with Crippen LogP contribution in [0.5, 0.6) is 5.75 Å². The van der Waals surface area contributed by atoms with Crippen molar-refractivity contribution in [1.29, 1.82) is 0 Å². The summed E-state index contributed by atoms with van der Waals surface area (Å²) in [5, 5.41) is 8.32. The van der Waals surface area contributed by atoms with Crippen LogP contribution in [0.2, 0.25) is 0 Å². The number of thioether (sulfide) groups is 1. The van der Waals surface area contributed by atoms with E-state index < -0.39 is 0 Å². The molecule has 0 spiro atoms. The van der Waals surface area contributed by atoms with Crippen molar-refractivity contribution in [1.82, 2.24) is 10.2 Å². The highest BCUT2D eigenvalue weighted by Crippen LogP contribution is 2.28. The lowest BCUT2D eigenvalue weighted by atomic mass is 10.2. The maximum absolute atomic E-state index is 5.83. The molecule has 0 radical (unpaired) electrons. The average Bonchev–Trinajstić information content (AvgIpc) is 2.98. The number of hydrogen-bond donors (Lipinski definition) is 1. The van der Waals surface area contributed by atoms with Crippen LogP contribution in [-0.4, -0.2) is 10.2 Å². The van der Waals surface area contributed by atoms with Gasteiger partial charge in [0.15, 0.2) is 4.34 Å². The molecule has 6 heteroatoms. The van der Waals surface area contributed by atoms with Gasteiger partial charge in [-0.05, 0) is 23.3 Å². The summed E-state index contributed by atoms with van der Waals surface area (Å²) in [6.45, 7) is 0.574. The molecule has 0 bridgehead atoms. The predicted molar refractivity (Wildman–Crippen MR) is 91.1 cm³/mol. The Morgan fingerprint density at radius 1 is 1.00 bits per heavy atom. The van der Waals surface area contributed by atoms with E-state index in [4.69, 9.17) is 10.5 Å². The number of benzene rings is 2. The standard InChI is InChI=1S/C16H15N3OS2/c17-15-18-19-16(22-15)21-11-13-7-4-8-14(9-13)20-10-12-5-2-1-3-6-12/h1-9H,10-11H2,(H2,17,18). The maximum Gasteiger partial charge on any atom is 0.203 e. The number of hydrogen-bond acceptors (Lipinski definition) is 6. The first-order chi connectivity index (χ1) is 10.8. The van der Waals surface area contributed by atoms with Gasteiger partial charge in [0.2, 0.25) is 5.13 Å². The number of ether oxygens (including phenoxy) is 1. The minimum Gasteiger partial charge on any atom is -0.489 e. The molecule has 0 unspecified atom stereocenters. The molecule has 0 fully saturated rings. The van der Waals surface area contributed by atoms with Gasteiger partial charge in [-0.15, -0.1) is 10.2 Å². The van der Waals surface area contributed by atoms with Gasteiger partial charge in [0.05, 0.1) is 0 Å². The molecule has 0 saturated carbocycles. The fraction of sp³-hybridized carbons (Fsp3) is 0.125. The first-order valence-corrected chi connectivity index (χ1v) is 8.57. The molecular formula is C16H15N3OS2. The summed E-state index contributed by atoms with van der Waals surface area (Å²) in [6.07, 6.45) is 0. The Balaban J connectivity index is 1.57. The fourth-order valence-electron chi connectivity index (χ4n) is 1.89. The largest absolute Gasteiger partial charge is 0.489 e. The average molecular weight is 329 g/mol. The van der Waals surface area contributed by atoms with Crippen molar-refractivity contribution in [3.63, 3.8) is 0 Å². The van der Waals surface area contributed by atoms with Crippen LogP contribution in [0.4, 0.5) is 5.13 Å². The van der Waals surface area contributed by atoms with Crippen molar-refractivity contribution in [2.75, 3.05) is 5.73 Å². The summed E-state index contributed by atoms with van der Waals surface area (Å²) >= 11 is 3.03. The van der Waals surface area contributed by atoms with E-state index in [-0.39, 0.29) is 0 Å². The zero-order chi connectivity index (χ0) is 15.2. The van der Waals surface area contributed by atoms with Gasteiger partial charge in [-0.1, -0.05) is 65.6 Å². The van der Waals surface area contributed by atoms with E-state index in [1.165, 1.54) is 16.9 Å². The molecule has 22 heavy (non-hydrogen) atoms. The Morgan fingerprint density at radius 2 is 1.82 bits per heavy atom. The van der Waals surface area contributed by atoms with Crippen molar-refractivity contribution < 1.29 is 4.74 Å². The van der Waals surface area contributed by atoms with E-state index in [1.807, 2.05) is 30.3 Å². The van der Waals surface area contributed by atoms with Crippen molar-refractivity contribution in [2.45, 2.75) is 16.7 Å². The molecule has 112 valence electrons. The van der Waals surface area contributed by atoms with Crippen molar-refractivity contribution in [2.24, 2.45) is 0 Å². The second kappa shape index (κ2) is 7.29. The van der Waals surface area contributed by atoms with Crippen molar-refractivity contribution in [3.8, 4) is 5.75 Å². The molecule has 1 aromatic heterocycles. The second-order valence-corrected chi connectivity index (χ2v) is 6.85. The molecule has 2 N–H and O–H groups in total. The Kier molecular flexibility index (Phi) is 4.92. The van der Waals surface area contributed by atoms with Crippen LogP contribution in [0.3, 0.4) is 0 Å². The lowest BCUT2D eigenvalue weighted by Crippen LogP contribution is -1.95. The van der Waals surface area contributed by atoms with Gasteiger partial charge in [-0.3, -0.25) is 0 Å². The molecule has 3 rings (SSSR count). The summed E-state index contributed by atoms with van der Waals surface area (Å²) in [5.41, 5.74) is 7.92. The van der Waals surface area contributed by atoms with Crippen LogP contribution in [0.15, 0.2) is 58.9 Å². The van der Waals surface area contributed by atoms with Crippen LogP contribution in [0.25, 0.3) is 0 Å². The highest BCUT2D eigenvalue weighted by molar-refractivity contribution is 8.00. The van der Waals surface area contributed by atoms with Gasteiger partial charge in [0, 0.05) is 5.75 Å². The van der Waals surface area contributed by atoms with Gasteiger partial charge in [-0.25, -0.2) is 0 Å². The lowest BCUT2D eigenvalue weighted by Gasteiger charge is -2.07. The van der Waals surface area contributed by atoms with E-state index in [0.717, 1.165) is 21.4 Å². The van der Waals surface area contributed by atoms with E-state index in [1.54, 1.807) is 11.8 Å². The zero-order valence-electron chi connectivity index (χ0n) is 11.8. The van der Waals surface area contributed by atoms with E-state index in [0.29, 0.717) is 11.7 Å². The van der Waals surface area contributed by atoms with Gasteiger partial charge in [-0.2, -0.15) is 0 Å². The number of aromatic nitrogens is 2. The summed E-state index contributed by atoms with van der Waals surface area (Å²) in [7, 11) is 0. The quantitative estimate of drug-likeness (QED) is 0.693. The summed E-state index contributed by atoms with van der Waals surface area (Å²) in [4.78, 5) is 0. The first kappa shape index (κ1) is 14.9. The Bertz CT molecular complexity index is 731. The highest BCUT2D eigenvalue weighted by atomic mass is 32.2. The molecule has 1 heterocycles. The van der Waals surface area contributed by atoms with Crippen LogP contribution in [-0.2, 0) is 12.4 Å². The molecule has 2 aromatic carbocycles. The summed E-state index contributed by atoms with van der Waals surface area (Å²) < 4.78 is 6.72. The normalized spacial score (nSPS) is 10.5. The molecule has 3 aromatic rings. The fourth-order valence-corrected chi connectivity index (χ4v) is 3.47. The van der Waals surface area contributed by atoms with Gasteiger partial charge in [0.25, 0.3) is 0 Å². The molecule has 0 atom stereocenters. The molecule has 0 aliphatic carbocycles. The van der Waals surface area contributed by atoms with Crippen LogP contribution in [0, 0.1) is 0 Å². The summed E-state index contributed by atoms with van der Waals surface area (Å²) in [5.74, 6) is 1.69. The summed E-state index contributed by atoms with van der Waals surface area (Å²) in [6, 6.07) is 18.2. The third-order valence-electron chi connectivity index (χ3n) is 2.93. The topological polar surface area (TPSA) is 61.0 Å². The van der Waals surface area contributed by atoms with E-state index >= 15 is 0 Å². The molecule has 0 amide bonds. The van der Waals surface area contributed by atoms with Gasteiger partial charge >= 0.3 is 0 Å². The first-order valence-electron chi connectivity index (χ1n) is 6.77. The minimum atomic E-state index is 0.502. The smallest absolute Gasteiger partial charge is 0.203 e. The predicted octanol–water partition coefficient (Wildman–Crippen LogP) is 3.99. The molecule has 0 aliphatic rings. The zero-order valence-corrected chi connectivity index (χ0v) is 13.4. The third kappa shape index (κ3) is 4.22. The second-order valence-electron chi connectivity index (χ2n) is 4.62. The Morgan fingerprint density at radius 3 is 2.59 bits per heavy atom. The van der Waals surface area contributed by atoms with Crippen LogP contribution >= 0.6 is 23.1 Å². The Hall–Kier alpha value is -2.05. The van der Waals surface area contributed by atoms with E-state index in [2.05, 4.69) is 34.5 Å². The van der Waals surface area contributed by atoms with Gasteiger partial charge in [0.1, 0.15) is 12.4 Å². The number of rotatable bonds is 6. The number of anilines is 1. The van der Waals surface area contributed by atoms with E-state index in [9.17, 15) is 0 Å². The number of nitrogen functional groups attached to an aromatic ring is 1. The Labute approximate surface area is 137 Å². The highest BCUT2D eigenvalue weighted by Gasteiger charge is 2.03. The monoisotopic (exact) mass is 329 g/mol. The van der Waals surface area contributed by atoms with Crippen molar-refractivity contribution >= 4 is 28.2 Å². The molecule has 4 nitrogen and oxygen atoms in total. The SMILES string of the molecule is Nc1nnc(SCc2cccc(OCc3ccccc3)c2)s1. The van der Waals surface area contributed by atoms with Gasteiger partial charge < -0.3 is 10.5 Å². The van der Waals surface area contributed by atoms with Crippen LogP contribution < -0.4 is 10.5 Å².